The Morgan fingerprint density at radius 2 is 2.35 bits per heavy atom. The summed E-state index contributed by atoms with van der Waals surface area (Å²) in [6, 6.07) is -0.0295. The van der Waals surface area contributed by atoms with Crippen LogP contribution < -0.4 is 5.73 Å². The van der Waals surface area contributed by atoms with Crippen LogP contribution in [0.25, 0.3) is 0 Å². The largest absolute Gasteiger partial charge is 0.469 e. The van der Waals surface area contributed by atoms with Gasteiger partial charge in [-0.1, -0.05) is 19.0 Å². The number of carbonyl (C=O) groups excluding carboxylic acids is 1. The van der Waals surface area contributed by atoms with E-state index in [0.717, 1.165) is 18.6 Å². The van der Waals surface area contributed by atoms with Gasteiger partial charge in [-0.3, -0.25) is 4.79 Å². The molecule has 0 spiro atoms. The minimum absolute atomic E-state index is 0.0256. The molecule has 17 heavy (non-hydrogen) atoms. The summed E-state index contributed by atoms with van der Waals surface area (Å²) < 4.78 is 4.58. The number of rotatable bonds is 6. The minimum atomic E-state index is -0.214. The van der Waals surface area contributed by atoms with Gasteiger partial charge < -0.3 is 15.3 Å². The molecular formula is C12H22N2O3. The molecule has 0 amide bonds. The van der Waals surface area contributed by atoms with Crippen molar-refractivity contribution in [2.24, 2.45) is 16.8 Å². The van der Waals surface area contributed by atoms with Crippen molar-refractivity contribution in [3.63, 3.8) is 0 Å². The predicted molar refractivity (Wildman–Crippen MR) is 65.6 cm³/mol. The van der Waals surface area contributed by atoms with E-state index in [0.29, 0.717) is 18.8 Å². The molecule has 0 aromatic heterocycles. The number of hydrogen-bond donors (Lipinski definition) is 1. The highest BCUT2D eigenvalue weighted by Gasteiger charge is 2.26. The molecule has 0 saturated carbocycles. The number of nitrogens with two attached hydrogens (primary N) is 1. The van der Waals surface area contributed by atoms with Crippen LogP contribution in [0.2, 0.25) is 0 Å². The molecule has 2 unspecified atom stereocenters. The second-order valence-electron chi connectivity index (χ2n) is 4.87. The topological polar surface area (TPSA) is 73.9 Å². The maximum absolute atomic E-state index is 11.0. The number of hydrogen-bond acceptors (Lipinski definition) is 5. The summed E-state index contributed by atoms with van der Waals surface area (Å²) in [7, 11) is 1.39. The first kappa shape index (κ1) is 14.0. The molecule has 5 nitrogen and oxygen atoms in total. The van der Waals surface area contributed by atoms with E-state index in [1.54, 1.807) is 0 Å². The summed E-state index contributed by atoms with van der Waals surface area (Å²) in [5, 5.41) is 4.01. The molecule has 1 heterocycles. The average molecular weight is 242 g/mol. The molecule has 0 fully saturated rings. The van der Waals surface area contributed by atoms with Crippen molar-refractivity contribution in [1.82, 2.24) is 0 Å². The van der Waals surface area contributed by atoms with Crippen molar-refractivity contribution in [3.05, 3.63) is 0 Å². The van der Waals surface area contributed by atoms with Crippen molar-refractivity contribution in [1.29, 1.82) is 0 Å². The molecule has 0 saturated heterocycles. The van der Waals surface area contributed by atoms with Gasteiger partial charge in [0.25, 0.3) is 0 Å². The van der Waals surface area contributed by atoms with E-state index in [2.05, 4.69) is 23.7 Å². The number of carbonyl (C=O) groups is 1. The summed E-state index contributed by atoms with van der Waals surface area (Å²) in [5.41, 5.74) is 6.93. The van der Waals surface area contributed by atoms with Crippen LogP contribution in [0, 0.1) is 5.92 Å². The van der Waals surface area contributed by atoms with E-state index in [-0.39, 0.29) is 18.1 Å². The van der Waals surface area contributed by atoms with Gasteiger partial charge in [-0.2, -0.15) is 0 Å². The highest BCUT2D eigenvalue weighted by molar-refractivity contribution is 5.90. The second-order valence-corrected chi connectivity index (χ2v) is 4.87. The van der Waals surface area contributed by atoms with Crippen LogP contribution in [0.5, 0.6) is 0 Å². The fourth-order valence-corrected chi connectivity index (χ4v) is 1.85. The Balaban J connectivity index is 2.28. The Bertz CT molecular complexity index is 289. The van der Waals surface area contributed by atoms with E-state index in [1.165, 1.54) is 7.11 Å². The third kappa shape index (κ3) is 4.73. The normalized spacial score (nSPS) is 21.0. The SMILES string of the molecule is COC(=O)CCC1CC(C(N)CC(C)C)=NO1. The summed E-state index contributed by atoms with van der Waals surface area (Å²) in [4.78, 5) is 16.3. The third-order valence-corrected chi connectivity index (χ3v) is 2.81. The minimum Gasteiger partial charge on any atom is -0.469 e. The van der Waals surface area contributed by atoms with Crippen LogP contribution in [0.1, 0.15) is 39.5 Å². The molecule has 0 aromatic rings. The van der Waals surface area contributed by atoms with Gasteiger partial charge in [0.05, 0.1) is 12.8 Å². The lowest BCUT2D eigenvalue weighted by atomic mass is 9.97. The number of oxime groups is 1. The van der Waals surface area contributed by atoms with E-state index >= 15 is 0 Å². The van der Waals surface area contributed by atoms with Gasteiger partial charge in [0.1, 0.15) is 6.10 Å². The Kier molecular flexibility index (Phi) is 5.41. The van der Waals surface area contributed by atoms with E-state index in [1.807, 2.05) is 0 Å². The van der Waals surface area contributed by atoms with Gasteiger partial charge in [-0.15, -0.1) is 0 Å². The fraction of sp³-hybridized carbons (Fsp3) is 0.833. The summed E-state index contributed by atoms with van der Waals surface area (Å²) in [6.45, 7) is 4.26. The van der Waals surface area contributed by atoms with Gasteiger partial charge in [-0.05, 0) is 18.8 Å². The van der Waals surface area contributed by atoms with Crippen LogP contribution in [-0.2, 0) is 14.4 Å². The first-order chi connectivity index (χ1) is 8.02. The molecule has 2 N–H and O–H groups in total. The highest BCUT2D eigenvalue weighted by Crippen LogP contribution is 2.19. The zero-order chi connectivity index (χ0) is 12.8. The summed E-state index contributed by atoms with van der Waals surface area (Å²) >= 11 is 0. The standard InChI is InChI=1S/C12H22N2O3/c1-8(2)6-10(13)11-7-9(17-14-11)4-5-12(15)16-3/h8-10H,4-7,13H2,1-3H3. The van der Waals surface area contributed by atoms with E-state index in [9.17, 15) is 4.79 Å². The van der Waals surface area contributed by atoms with Crippen molar-refractivity contribution in [2.75, 3.05) is 7.11 Å². The Labute approximate surface area is 102 Å². The first-order valence-corrected chi connectivity index (χ1v) is 6.08. The van der Waals surface area contributed by atoms with Gasteiger partial charge in [0, 0.05) is 18.9 Å². The molecule has 1 aliphatic heterocycles. The highest BCUT2D eigenvalue weighted by atomic mass is 16.6. The van der Waals surface area contributed by atoms with Gasteiger partial charge in [0.15, 0.2) is 0 Å². The molecule has 0 bridgehead atoms. The predicted octanol–water partition coefficient (Wildman–Crippen LogP) is 1.46. The van der Waals surface area contributed by atoms with Gasteiger partial charge in [0.2, 0.25) is 0 Å². The second kappa shape index (κ2) is 6.59. The van der Waals surface area contributed by atoms with Crippen LogP contribution in [-0.4, -0.2) is 30.9 Å². The lowest BCUT2D eigenvalue weighted by Gasteiger charge is -2.12. The fourth-order valence-electron chi connectivity index (χ4n) is 1.85. The molecular weight excluding hydrogens is 220 g/mol. The maximum Gasteiger partial charge on any atom is 0.305 e. The summed E-state index contributed by atoms with van der Waals surface area (Å²) in [5.74, 6) is 0.329. The van der Waals surface area contributed by atoms with E-state index in [4.69, 9.17) is 10.6 Å². The summed E-state index contributed by atoms with van der Waals surface area (Å²) in [6.07, 6.45) is 2.61. The molecule has 2 atom stereocenters. The van der Waals surface area contributed by atoms with Gasteiger partial charge in [-0.25, -0.2) is 0 Å². The third-order valence-electron chi connectivity index (χ3n) is 2.81. The van der Waals surface area contributed by atoms with Crippen molar-refractivity contribution in [2.45, 2.75) is 51.7 Å². The maximum atomic E-state index is 11.0. The zero-order valence-electron chi connectivity index (χ0n) is 10.8. The monoisotopic (exact) mass is 242 g/mol. The van der Waals surface area contributed by atoms with Gasteiger partial charge >= 0.3 is 5.97 Å². The number of nitrogens with zero attached hydrogens (tertiary/aromatic N) is 1. The van der Waals surface area contributed by atoms with Crippen molar-refractivity contribution < 1.29 is 14.4 Å². The quantitative estimate of drug-likeness (QED) is 0.715. The number of methoxy groups -OCH3 is 1. The lowest BCUT2D eigenvalue weighted by molar-refractivity contribution is -0.141. The average Bonchev–Trinajstić information content (AvgIpc) is 2.73. The molecule has 1 aliphatic rings. The molecule has 98 valence electrons. The van der Waals surface area contributed by atoms with Crippen molar-refractivity contribution in [3.8, 4) is 0 Å². The van der Waals surface area contributed by atoms with E-state index < -0.39 is 0 Å². The number of esters is 1. The van der Waals surface area contributed by atoms with Crippen LogP contribution in [0.4, 0.5) is 0 Å². The Hall–Kier alpha value is -1.10. The van der Waals surface area contributed by atoms with Crippen LogP contribution >= 0.6 is 0 Å². The van der Waals surface area contributed by atoms with Crippen LogP contribution in [0.15, 0.2) is 5.16 Å². The first-order valence-electron chi connectivity index (χ1n) is 6.08. The van der Waals surface area contributed by atoms with Crippen molar-refractivity contribution >= 4 is 11.7 Å². The molecule has 0 aliphatic carbocycles. The van der Waals surface area contributed by atoms with Crippen LogP contribution in [0.3, 0.4) is 0 Å². The molecule has 0 aromatic carbocycles. The molecule has 1 rings (SSSR count). The Morgan fingerprint density at radius 3 is 2.94 bits per heavy atom. The molecule has 5 heteroatoms. The zero-order valence-corrected chi connectivity index (χ0v) is 10.8. The lowest BCUT2D eigenvalue weighted by Crippen LogP contribution is -2.31. The smallest absolute Gasteiger partial charge is 0.305 e. The Morgan fingerprint density at radius 1 is 1.65 bits per heavy atom. The molecule has 0 radical (unpaired) electrons. The number of ether oxygens (including phenoxy) is 1.